The Kier molecular flexibility index (Phi) is 14.1. The third-order valence-electron chi connectivity index (χ3n) is 10.4. The number of esters is 2. The van der Waals surface area contributed by atoms with E-state index in [4.69, 9.17) is 31.8 Å². The van der Waals surface area contributed by atoms with Crippen LogP contribution in [0.25, 0.3) is 21.5 Å². The molecule has 2 amide bonds. The maximum absolute atomic E-state index is 13.8. The van der Waals surface area contributed by atoms with E-state index in [1.165, 1.54) is 0 Å². The highest BCUT2D eigenvalue weighted by Gasteiger charge is 2.22. The molecule has 61 heavy (non-hydrogen) atoms. The largest absolute Gasteiger partial charge is 0.484 e. The molecular weight excluding hydrogens is 769 g/mol. The van der Waals surface area contributed by atoms with Gasteiger partial charge in [-0.25, -0.2) is 9.59 Å². The monoisotopic (exact) mass is 814 g/mol. The Morgan fingerprint density at radius 1 is 0.525 bits per heavy atom. The average molecular weight is 815 g/mol. The van der Waals surface area contributed by atoms with Crippen molar-refractivity contribution in [1.29, 1.82) is 0 Å². The number of ether oxygens (including phenoxy) is 4. The maximum Gasteiger partial charge on any atom is 0.343 e. The Hall–Kier alpha value is -7.56. The van der Waals surface area contributed by atoms with Crippen molar-refractivity contribution < 1.29 is 38.1 Å². The van der Waals surface area contributed by atoms with E-state index in [1.54, 1.807) is 94.7 Å². The minimum absolute atomic E-state index is 0.0678. The number of likely N-dealkylation sites (N-methyl/N-ethyl adjacent to an activating group) is 2. The number of carbonyl (C=O) groups excluding carboxylic acids is 4. The summed E-state index contributed by atoms with van der Waals surface area (Å²) in [7, 11) is 0. The fraction of sp³-hybridized carbons (Fsp3) is 0.216. The predicted octanol–water partition coefficient (Wildman–Crippen LogP) is 8.48. The van der Waals surface area contributed by atoms with E-state index in [0.29, 0.717) is 70.7 Å². The molecule has 0 radical (unpaired) electrons. The third-order valence-corrected chi connectivity index (χ3v) is 10.4. The molecule has 6 aromatic rings. The first-order valence-corrected chi connectivity index (χ1v) is 20.1. The minimum atomic E-state index is -0.638. The summed E-state index contributed by atoms with van der Waals surface area (Å²) in [4.78, 5) is 56.8. The number of benzene rings is 6. The van der Waals surface area contributed by atoms with Crippen molar-refractivity contribution in [2.24, 2.45) is 0 Å². The molecule has 0 saturated heterocycles. The summed E-state index contributed by atoms with van der Waals surface area (Å²) in [5.74, 6) is 4.82. The van der Waals surface area contributed by atoms with Crippen molar-refractivity contribution in [3.05, 3.63) is 143 Å². The number of hydrogen-bond acceptors (Lipinski definition) is 8. The summed E-state index contributed by atoms with van der Waals surface area (Å²) in [6, 6.07) is 31.1. The summed E-state index contributed by atoms with van der Waals surface area (Å²) in [5.41, 5.74) is 2.65. The summed E-state index contributed by atoms with van der Waals surface area (Å²) in [6.07, 6.45) is 11.3. The van der Waals surface area contributed by atoms with E-state index in [2.05, 4.69) is 11.8 Å². The second-order valence-corrected chi connectivity index (χ2v) is 14.0. The lowest BCUT2D eigenvalue weighted by Gasteiger charge is -2.20. The van der Waals surface area contributed by atoms with Crippen LogP contribution in [0, 0.1) is 24.7 Å². The van der Waals surface area contributed by atoms with Gasteiger partial charge in [0, 0.05) is 54.9 Å². The first-order chi connectivity index (χ1) is 29.6. The minimum Gasteiger partial charge on any atom is -0.484 e. The molecule has 308 valence electrons. The highest BCUT2D eigenvalue weighted by molar-refractivity contribution is 5.97. The Morgan fingerprint density at radius 2 is 0.918 bits per heavy atom. The van der Waals surface area contributed by atoms with Crippen LogP contribution in [0.15, 0.2) is 109 Å². The van der Waals surface area contributed by atoms with Crippen molar-refractivity contribution in [2.75, 3.05) is 39.4 Å². The lowest BCUT2D eigenvalue weighted by Crippen LogP contribution is -2.34. The molecule has 0 atom stereocenters. The van der Waals surface area contributed by atoms with Crippen molar-refractivity contribution >= 4 is 45.3 Å². The summed E-state index contributed by atoms with van der Waals surface area (Å²) in [6.45, 7) is 9.47. The molecule has 0 fully saturated rings. The van der Waals surface area contributed by atoms with Gasteiger partial charge >= 0.3 is 11.9 Å². The third kappa shape index (κ3) is 10.2. The van der Waals surface area contributed by atoms with E-state index in [0.717, 1.165) is 10.8 Å². The van der Waals surface area contributed by atoms with Crippen molar-refractivity contribution in [2.45, 2.75) is 34.1 Å². The van der Waals surface area contributed by atoms with Crippen LogP contribution in [0.4, 0.5) is 0 Å². The standard InChI is InChI=1S/C51H46N2O8/c1-7-34-15-13-17-38(27-34)50(56)60-46-25-21-36-19-23-40(58-32-48(54)52(9-3)10-4)29-42(36)44(46)31-45-43-30-41(59-33-49(55)53(11-5)12-6)24-20-37(43)22-26-47(45)61-51(57)39-18-14-16-35(8-2)28-39/h1-2,13-30H,9-12,31-33H2,3-6H3. The molecule has 0 bridgehead atoms. The normalized spacial score (nSPS) is 10.7. The lowest BCUT2D eigenvalue weighted by molar-refractivity contribution is -0.133. The van der Waals surface area contributed by atoms with Gasteiger partial charge in [0.1, 0.15) is 23.0 Å². The zero-order chi connectivity index (χ0) is 43.5. The second kappa shape index (κ2) is 19.9. The zero-order valence-electron chi connectivity index (χ0n) is 34.7. The van der Waals surface area contributed by atoms with Crippen LogP contribution in [-0.4, -0.2) is 72.9 Å². The highest BCUT2D eigenvalue weighted by atomic mass is 16.5. The summed E-state index contributed by atoms with van der Waals surface area (Å²) >= 11 is 0. The highest BCUT2D eigenvalue weighted by Crippen LogP contribution is 2.39. The van der Waals surface area contributed by atoms with Crippen LogP contribution >= 0.6 is 0 Å². The number of rotatable bonds is 16. The van der Waals surface area contributed by atoms with E-state index in [-0.39, 0.29) is 54.1 Å². The Bertz CT molecular complexity index is 2510. The predicted molar refractivity (Wildman–Crippen MR) is 236 cm³/mol. The number of fused-ring (bicyclic) bond motifs is 2. The van der Waals surface area contributed by atoms with Gasteiger partial charge < -0.3 is 28.7 Å². The SMILES string of the molecule is C#Cc1cccc(C(=O)Oc2ccc3ccc(OCC(=O)N(CC)CC)cc3c2Cc2c(OC(=O)c3cccc(C#C)c3)ccc3ccc(OCC(=O)N(CC)CC)cc23)c1. The quantitative estimate of drug-likeness (QED) is 0.0544. The second-order valence-electron chi connectivity index (χ2n) is 14.0. The Labute approximate surface area is 356 Å². The van der Waals surface area contributed by atoms with Crippen LogP contribution in [0.1, 0.15) is 70.7 Å². The fourth-order valence-electron chi connectivity index (χ4n) is 7.01. The van der Waals surface area contributed by atoms with Gasteiger partial charge in [0.15, 0.2) is 13.2 Å². The van der Waals surface area contributed by atoms with Crippen molar-refractivity contribution in [1.82, 2.24) is 9.80 Å². The molecule has 0 N–H and O–H groups in total. The molecule has 0 aliphatic rings. The van der Waals surface area contributed by atoms with Gasteiger partial charge in [-0.15, -0.1) is 12.8 Å². The van der Waals surface area contributed by atoms with Crippen molar-refractivity contribution in [3.8, 4) is 47.7 Å². The molecule has 6 aromatic carbocycles. The van der Waals surface area contributed by atoms with Gasteiger partial charge in [0.25, 0.3) is 11.8 Å². The lowest BCUT2D eigenvalue weighted by atomic mass is 9.93. The average Bonchev–Trinajstić information content (AvgIpc) is 3.29. The summed E-state index contributed by atoms with van der Waals surface area (Å²) < 4.78 is 24.4. The number of amides is 2. The Morgan fingerprint density at radius 3 is 1.30 bits per heavy atom. The van der Waals surface area contributed by atoms with Gasteiger partial charge in [0.05, 0.1) is 11.1 Å². The molecule has 10 nitrogen and oxygen atoms in total. The molecule has 6 rings (SSSR count). The maximum atomic E-state index is 13.8. The van der Waals surface area contributed by atoms with Gasteiger partial charge in [-0.2, -0.15) is 0 Å². The van der Waals surface area contributed by atoms with Gasteiger partial charge in [-0.05, 0) is 122 Å². The number of nitrogens with zero attached hydrogens (tertiary/aromatic N) is 2. The van der Waals surface area contributed by atoms with Gasteiger partial charge in [-0.3, -0.25) is 9.59 Å². The molecule has 0 aliphatic carbocycles. The van der Waals surface area contributed by atoms with Crippen molar-refractivity contribution in [3.63, 3.8) is 0 Å². The van der Waals surface area contributed by atoms with Crippen LogP contribution < -0.4 is 18.9 Å². The fourth-order valence-corrected chi connectivity index (χ4v) is 7.01. The molecule has 0 saturated carbocycles. The molecule has 0 aliphatic heterocycles. The van der Waals surface area contributed by atoms with E-state index in [1.807, 2.05) is 52.0 Å². The number of terminal acetylenes is 2. The molecular formula is C51H46N2O8. The van der Waals surface area contributed by atoms with E-state index in [9.17, 15) is 19.2 Å². The number of carbonyl (C=O) groups is 4. The first kappa shape index (κ1) is 43.0. The molecule has 0 aromatic heterocycles. The first-order valence-electron chi connectivity index (χ1n) is 20.1. The van der Waals surface area contributed by atoms with Crippen LogP contribution in [0.3, 0.4) is 0 Å². The number of hydrogen-bond donors (Lipinski definition) is 0. The van der Waals surface area contributed by atoms with Gasteiger partial charge in [0.2, 0.25) is 0 Å². The topological polar surface area (TPSA) is 112 Å². The smallest absolute Gasteiger partial charge is 0.343 e. The zero-order valence-corrected chi connectivity index (χ0v) is 34.7. The van der Waals surface area contributed by atoms with Crippen LogP contribution in [0.2, 0.25) is 0 Å². The van der Waals surface area contributed by atoms with Crippen LogP contribution in [0.5, 0.6) is 23.0 Å². The van der Waals surface area contributed by atoms with Gasteiger partial charge in [-0.1, -0.05) is 48.2 Å². The van der Waals surface area contributed by atoms with E-state index >= 15 is 0 Å². The van der Waals surface area contributed by atoms with E-state index < -0.39 is 11.9 Å². The molecule has 0 unspecified atom stereocenters. The Balaban J connectivity index is 1.51. The molecule has 0 spiro atoms. The molecule has 10 heteroatoms. The molecule has 0 heterocycles. The van der Waals surface area contributed by atoms with Crippen LogP contribution in [-0.2, 0) is 16.0 Å². The summed E-state index contributed by atoms with van der Waals surface area (Å²) in [5, 5.41) is 2.89.